The van der Waals surface area contributed by atoms with Crippen molar-refractivity contribution >= 4 is 18.1 Å². The van der Waals surface area contributed by atoms with Crippen LogP contribution in [0.3, 0.4) is 0 Å². The Kier molecular flexibility index (Phi) is 5.92. The van der Waals surface area contributed by atoms with Crippen molar-refractivity contribution in [1.82, 2.24) is 19.8 Å². The predicted molar refractivity (Wildman–Crippen MR) is 118 cm³/mol. The number of aromatic amines is 1. The Bertz CT molecular complexity index is 1020. The highest BCUT2D eigenvalue weighted by atomic mass is 32.1. The first-order valence-electron chi connectivity index (χ1n) is 10.1. The van der Waals surface area contributed by atoms with E-state index in [0.717, 1.165) is 18.8 Å². The fourth-order valence-corrected chi connectivity index (χ4v) is 4.21. The number of H-pyrrole nitrogens is 1. The summed E-state index contributed by atoms with van der Waals surface area (Å²) >= 11 is 5.41. The fourth-order valence-electron chi connectivity index (χ4n) is 3.95. The third-order valence-electron chi connectivity index (χ3n) is 5.52. The van der Waals surface area contributed by atoms with Crippen LogP contribution < -0.4 is 5.32 Å². The third-order valence-corrected chi connectivity index (χ3v) is 5.82. The van der Waals surface area contributed by atoms with Crippen molar-refractivity contribution in [2.45, 2.75) is 25.8 Å². The molecule has 0 bridgehead atoms. The van der Waals surface area contributed by atoms with Crippen molar-refractivity contribution in [1.29, 1.82) is 0 Å². The smallest absolute Gasteiger partial charge is 0.269 e. The maximum Gasteiger partial charge on any atom is 0.269 e. The fraction of sp³-hybridized carbons (Fsp3) is 0.304. The summed E-state index contributed by atoms with van der Waals surface area (Å²) in [5, 5.41) is 3.14. The molecule has 0 spiro atoms. The molecule has 0 radical (unpaired) electrons. The first-order valence-corrected chi connectivity index (χ1v) is 10.5. The molecule has 150 valence electrons. The van der Waals surface area contributed by atoms with E-state index in [2.05, 4.69) is 46.4 Å². The van der Waals surface area contributed by atoms with Gasteiger partial charge in [-0.25, -0.2) is 0 Å². The molecule has 5 nitrogen and oxygen atoms in total. The number of nitrogens with one attached hydrogen (secondary N) is 2. The van der Waals surface area contributed by atoms with E-state index in [9.17, 15) is 4.79 Å². The summed E-state index contributed by atoms with van der Waals surface area (Å²) < 4.78 is 2.29. The number of carbonyl (C=O) groups excluding carboxylic acids is 1. The number of benzene rings is 2. The van der Waals surface area contributed by atoms with Gasteiger partial charge in [-0.05, 0) is 62.8 Å². The minimum atomic E-state index is -0.127. The molecular weight excluding hydrogens is 380 g/mol. The van der Waals surface area contributed by atoms with E-state index >= 15 is 0 Å². The lowest BCUT2D eigenvalue weighted by atomic mass is 10.0. The molecule has 1 aliphatic rings. The highest BCUT2D eigenvalue weighted by Gasteiger charge is 2.24. The highest BCUT2D eigenvalue weighted by molar-refractivity contribution is 7.71. The Morgan fingerprint density at radius 1 is 1.10 bits per heavy atom. The van der Waals surface area contributed by atoms with Crippen molar-refractivity contribution in [3.8, 4) is 5.69 Å². The lowest BCUT2D eigenvalue weighted by Crippen LogP contribution is -2.37. The van der Waals surface area contributed by atoms with Gasteiger partial charge in [0.15, 0.2) is 4.77 Å². The maximum atomic E-state index is 13.0. The van der Waals surface area contributed by atoms with Gasteiger partial charge in [0.25, 0.3) is 5.91 Å². The summed E-state index contributed by atoms with van der Waals surface area (Å²) in [6.07, 6.45) is 4.10. The number of likely N-dealkylation sites (tertiary alicyclic amines) is 1. The second kappa shape index (κ2) is 8.76. The van der Waals surface area contributed by atoms with Crippen molar-refractivity contribution in [2.24, 2.45) is 0 Å². The monoisotopic (exact) mass is 406 g/mol. The van der Waals surface area contributed by atoms with Crippen LogP contribution in [0.4, 0.5) is 0 Å². The second-order valence-corrected chi connectivity index (χ2v) is 7.92. The first-order chi connectivity index (χ1) is 14.1. The molecular formula is C23H26N4OS. The third kappa shape index (κ3) is 4.33. The van der Waals surface area contributed by atoms with Crippen molar-refractivity contribution < 1.29 is 4.79 Å². The minimum absolute atomic E-state index is 0.127. The van der Waals surface area contributed by atoms with Crippen LogP contribution in [-0.2, 0) is 0 Å². The van der Waals surface area contributed by atoms with Gasteiger partial charge in [-0.1, -0.05) is 48.0 Å². The van der Waals surface area contributed by atoms with Crippen LogP contribution in [0, 0.1) is 11.7 Å². The number of aromatic nitrogens is 2. The molecule has 3 aromatic rings. The zero-order valence-corrected chi connectivity index (χ0v) is 17.4. The summed E-state index contributed by atoms with van der Waals surface area (Å²) in [5.41, 5.74) is 3.88. The first kappa shape index (κ1) is 19.6. The Balaban J connectivity index is 1.55. The number of hydrogen-bond acceptors (Lipinski definition) is 3. The number of carbonyl (C=O) groups is 1. The van der Waals surface area contributed by atoms with Gasteiger partial charge in [0.1, 0.15) is 5.69 Å². The molecule has 2 aromatic carbocycles. The number of amides is 1. The van der Waals surface area contributed by atoms with Crippen molar-refractivity contribution in [3.63, 3.8) is 0 Å². The number of para-hydroxylation sites is 1. The average molecular weight is 407 g/mol. The summed E-state index contributed by atoms with van der Waals surface area (Å²) in [6, 6.07) is 18.5. The van der Waals surface area contributed by atoms with E-state index in [1.165, 1.54) is 24.0 Å². The zero-order valence-electron chi connectivity index (χ0n) is 16.6. The van der Waals surface area contributed by atoms with Crippen LogP contribution in [0.15, 0.2) is 60.8 Å². The van der Waals surface area contributed by atoms with Crippen LogP contribution in [0.25, 0.3) is 5.69 Å². The second-order valence-electron chi connectivity index (χ2n) is 7.53. The lowest BCUT2D eigenvalue weighted by Gasteiger charge is -2.28. The number of hydrogen-bond donors (Lipinski definition) is 2. The van der Waals surface area contributed by atoms with Gasteiger partial charge in [0.2, 0.25) is 0 Å². The molecule has 1 atom stereocenters. The summed E-state index contributed by atoms with van der Waals surface area (Å²) in [7, 11) is 0. The van der Waals surface area contributed by atoms with Crippen molar-refractivity contribution in [2.75, 3.05) is 19.6 Å². The van der Waals surface area contributed by atoms with Gasteiger partial charge in [-0.3, -0.25) is 14.3 Å². The lowest BCUT2D eigenvalue weighted by molar-refractivity contribution is 0.0931. The highest BCUT2D eigenvalue weighted by Crippen LogP contribution is 2.25. The van der Waals surface area contributed by atoms with Crippen LogP contribution in [-0.4, -0.2) is 40.0 Å². The Morgan fingerprint density at radius 2 is 1.79 bits per heavy atom. The summed E-state index contributed by atoms with van der Waals surface area (Å²) in [6.45, 7) is 4.80. The predicted octanol–water partition coefficient (Wildman–Crippen LogP) is 4.41. The standard InChI is InChI=1S/C23H26N4OS/c1-17-9-11-18(12-10-17)20(26-13-5-6-14-26)15-24-22(28)21-16-25-23(29)27(21)19-7-3-2-4-8-19/h2-4,7-12,16,20H,5-6,13-15H2,1H3,(H,24,28)(H,25,29). The Hall–Kier alpha value is -2.70. The van der Waals surface area contributed by atoms with E-state index in [1.807, 2.05) is 30.3 Å². The van der Waals surface area contributed by atoms with Gasteiger partial charge < -0.3 is 10.3 Å². The molecule has 2 N–H and O–H groups in total. The Morgan fingerprint density at radius 3 is 2.48 bits per heavy atom. The molecule has 1 aromatic heterocycles. The maximum absolute atomic E-state index is 13.0. The van der Waals surface area contributed by atoms with E-state index < -0.39 is 0 Å². The van der Waals surface area contributed by atoms with Gasteiger partial charge in [-0.2, -0.15) is 0 Å². The topological polar surface area (TPSA) is 53.1 Å². The number of aryl methyl sites for hydroxylation is 1. The van der Waals surface area contributed by atoms with E-state index in [-0.39, 0.29) is 11.9 Å². The van der Waals surface area contributed by atoms with E-state index in [0.29, 0.717) is 17.0 Å². The minimum Gasteiger partial charge on any atom is -0.349 e. The number of imidazole rings is 1. The molecule has 1 saturated heterocycles. The number of nitrogens with zero attached hydrogens (tertiary/aromatic N) is 2. The van der Waals surface area contributed by atoms with E-state index in [4.69, 9.17) is 12.2 Å². The molecule has 1 unspecified atom stereocenters. The molecule has 0 aliphatic carbocycles. The van der Waals surface area contributed by atoms with Crippen LogP contribution in [0.5, 0.6) is 0 Å². The quantitative estimate of drug-likeness (QED) is 0.596. The van der Waals surface area contributed by atoms with Gasteiger partial charge in [0.05, 0.1) is 6.04 Å². The average Bonchev–Trinajstić information content (AvgIpc) is 3.40. The zero-order chi connectivity index (χ0) is 20.2. The number of rotatable bonds is 6. The normalized spacial score (nSPS) is 15.3. The van der Waals surface area contributed by atoms with E-state index in [1.54, 1.807) is 10.8 Å². The van der Waals surface area contributed by atoms with Crippen LogP contribution in [0.1, 0.15) is 40.5 Å². The Labute approximate surface area is 176 Å². The van der Waals surface area contributed by atoms with Crippen molar-refractivity contribution in [3.05, 3.63) is 82.4 Å². The summed E-state index contributed by atoms with van der Waals surface area (Å²) in [4.78, 5) is 18.5. The van der Waals surface area contributed by atoms with Gasteiger partial charge in [0, 0.05) is 18.4 Å². The van der Waals surface area contributed by atoms with Crippen LogP contribution >= 0.6 is 12.2 Å². The molecule has 0 saturated carbocycles. The van der Waals surface area contributed by atoms with Gasteiger partial charge in [-0.15, -0.1) is 0 Å². The molecule has 4 rings (SSSR count). The largest absolute Gasteiger partial charge is 0.349 e. The SMILES string of the molecule is Cc1ccc(C(CNC(=O)c2c[nH]c(=S)n2-c2ccccc2)N2CCCC2)cc1. The van der Waals surface area contributed by atoms with Gasteiger partial charge >= 0.3 is 0 Å². The molecule has 1 fully saturated rings. The van der Waals surface area contributed by atoms with Crippen LogP contribution in [0.2, 0.25) is 0 Å². The molecule has 1 amide bonds. The molecule has 2 heterocycles. The molecule has 29 heavy (non-hydrogen) atoms. The molecule has 1 aliphatic heterocycles. The molecule has 6 heteroatoms. The summed E-state index contributed by atoms with van der Waals surface area (Å²) in [5.74, 6) is -0.127.